The van der Waals surface area contributed by atoms with E-state index in [9.17, 15) is 28.1 Å². The Balaban J connectivity index is 2.38. The molecule has 0 atom stereocenters. The maximum Gasteiger partial charge on any atom is 0.416 e. The molecule has 2 aromatic carbocycles. The molecule has 3 N–H and O–H groups in total. The summed E-state index contributed by atoms with van der Waals surface area (Å²) < 4.78 is 43.1. The SMILES string of the molecule is NNC(=O)c1cc(Oc2ccc(C(F)(F)F)cc2Cl)ccc1[N+](=O)[O-]. The van der Waals surface area contributed by atoms with Crippen LogP contribution in [0.25, 0.3) is 0 Å². The molecule has 132 valence electrons. The van der Waals surface area contributed by atoms with E-state index in [1.54, 1.807) is 5.43 Å². The predicted octanol–water partition coefficient (Wildman–Crippen LogP) is 3.66. The van der Waals surface area contributed by atoms with Crippen molar-refractivity contribution in [2.75, 3.05) is 0 Å². The van der Waals surface area contributed by atoms with E-state index >= 15 is 0 Å². The normalized spacial score (nSPS) is 11.1. The average molecular weight is 376 g/mol. The fourth-order valence-electron chi connectivity index (χ4n) is 1.88. The smallest absolute Gasteiger partial charge is 0.416 e. The second kappa shape index (κ2) is 6.95. The summed E-state index contributed by atoms with van der Waals surface area (Å²) in [6.45, 7) is 0. The van der Waals surface area contributed by atoms with Crippen LogP contribution in [-0.4, -0.2) is 10.8 Å². The third-order valence-electron chi connectivity index (χ3n) is 3.03. The van der Waals surface area contributed by atoms with Crippen LogP contribution in [0.2, 0.25) is 5.02 Å². The lowest BCUT2D eigenvalue weighted by Crippen LogP contribution is -2.30. The van der Waals surface area contributed by atoms with Gasteiger partial charge in [-0.1, -0.05) is 11.6 Å². The molecule has 0 radical (unpaired) electrons. The molecule has 2 rings (SSSR count). The van der Waals surface area contributed by atoms with Crippen LogP contribution in [0, 0.1) is 10.1 Å². The van der Waals surface area contributed by atoms with Gasteiger partial charge in [0.15, 0.2) is 0 Å². The van der Waals surface area contributed by atoms with Gasteiger partial charge in [-0.3, -0.25) is 20.3 Å². The first-order chi connectivity index (χ1) is 11.6. The third kappa shape index (κ3) is 4.17. The van der Waals surface area contributed by atoms with Gasteiger partial charge in [0.1, 0.15) is 17.1 Å². The average Bonchev–Trinajstić information content (AvgIpc) is 2.54. The van der Waals surface area contributed by atoms with Gasteiger partial charge in [0.05, 0.1) is 15.5 Å². The standard InChI is InChI=1S/C14H9ClF3N3O4/c15-10-5-7(14(16,17)18)1-4-12(10)25-8-2-3-11(21(23)24)9(6-8)13(22)20-19/h1-6H,19H2,(H,20,22). The molecular formula is C14H9ClF3N3O4. The fourth-order valence-corrected chi connectivity index (χ4v) is 2.10. The van der Waals surface area contributed by atoms with E-state index < -0.39 is 28.3 Å². The van der Waals surface area contributed by atoms with Crippen molar-refractivity contribution >= 4 is 23.2 Å². The van der Waals surface area contributed by atoms with Gasteiger partial charge in [-0.25, -0.2) is 5.84 Å². The lowest BCUT2D eigenvalue weighted by molar-refractivity contribution is -0.385. The zero-order chi connectivity index (χ0) is 18.8. The maximum absolute atomic E-state index is 12.6. The number of nitrogens with two attached hydrogens (primary N) is 1. The summed E-state index contributed by atoms with van der Waals surface area (Å²) in [7, 11) is 0. The van der Waals surface area contributed by atoms with Crippen molar-refractivity contribution in [3.05, 3.63) is 62.7 Å². The molecule has 11 heteroatoms. The van der Waals surface area contributed by atoms with Crippen LogP contribution in [-0.2, 0) is 6.18 Å². The number of carbonyl (C=O) groups is 1. The molecule has 0 saturated heterocycles. The van der Waals surface area contributed by atoms with E-state index in [2.05, 4.69) is 0 Å². The zero-order valence-corrected chi connectivity index (χ0v) is 12.9. The van der Waals surface area contributed by atoms with E-state index in [4.69, 9.17) is 22.2 Å². The minimum atomic E-state index is -4.57. The minimum absolute atomic E-state index is 0.0501. The number of rotatable bonds is 4. The third-order valence-corrected chi connectivity index (χ3v) is 3.32. The van der Waals surface area contributed by atoms with Gasteiger partial charge in [0.2, 0.25) is 0 Å². The van der Waals surface area contributed by atoms with Gasteiger partial charge in [0, 0.05) is 12.1 Å². The van der Waals surface area contributed by atoms with Gasteiger partial charge in [-0.15, -0.1) is 0 Å². The summed E-state index contributed by atoms with van der Waals surface area (Å²) in [4.78, 5) is 21.7. The van der Waals surface area contributed by atoms with Crippen molar-refractivity contribution in [3.8, 4) is 11.5 Å². The topological polar surface area (TPSA) is 107 Å². The van der Waals surface area contributed by atoms with Crippen molar-refractivity contribution in [2.45, 2.75) is 6.18 Å². The van der Waals surface area contributed by atoms with E-state index in [-0.39, 0.29) is 22.1 Å². The molecule has 25 heavy (non-hydrogen) atoms. The van der Waals surface area contributed by atoms with E-state index in [0.29, 0.717) is 6.07 Å². The van der Waals surface area contributed by atoms with E-state index in [1.807, 2.05) is 0 Å². The first-order valence-corrected chi connectivity index (χ1v) is 6.85. The first-order valence-electron chi connectivity index (χ1n) is 6.47. The summed E-state index contributed by atoms with van der Waals surface area (Å²) >= 11 is 5.76. The molecule has 2 aromatic rings. The van der Waals surface area contributed by atoms with Gasteiger partial charge in [-0.05, 0) is 24.3 Å². The van der Waals surface area contributed by atoms with Crippen molar-refractivity contribution in [2.24, 2.45) is 5.84 Å². The van der Waals surface area contributed by atoms with Crippen molar-refractivity contribution < 1.29 is 27.6 Å². The van der Waals surface area contributed by atoms with Crippen molar-refractivity contribution in [1.82, 2.24) is 5.43 Å². The molecule has 0 aromatic heterocycles. The Morgan fingerprint density at radius 2 is 1.92 bits per heavy atom. The lowest BCUT2D eigenvalue weighted by atomic mass is 10.1. The molecule has 0 aliphatic heterocycles. The highest BCUT2D eigenvalue weighted by atomic mass is 35.5. The fraction of sp³-hybridized carbons (Fsp3) is 0.0714. The summed E-state index contributed by atoms with van der Waals surface area (Å²) in [5, 5.41) is 10.6. The Labute approximate surface area is 143 Å². The summed E-state index contributed by atoms with van der Waals surface area (Å²) in [6, 6.07) is 5.62. The number of halogens is 4. The van der Waals surface area contributed by atoms with E-state index in [0.717, 1.165) is 24.3 Å². The molecule has 7 nitrogen and oxygen atoms in total. The van der Waals surface area contributed by atoms with Crippen LogP contribution in [0.15, 0.2) is 36.4 Å². The summed E-state index contributed by atoms with van der Waals surface area (Å²) in [5.74, 6) is 3.86. The Hall–Kier alpha value is -2.85. The lowest BCUT2D eigenvalue weighted by Gasteiger charge is -2.12. The van der Waals surface area contributed by atoms with Crippen LogP contribution >= 0.6 is 11.6 Å². The number of hydrogen-bond donors (Lipinski definition) is 2. The molecule has 0 fully saturated rings. The number of ether oxygens (including phenoxy) is 1. The number of benzene rings is 2. The highest BCUT2D eigenvalue weighted by Gasteiger charge is 2.31. The number of nitrogens with one attached hydrogen (secondary N) is 1. The highest BCUT2D eigenvalue weighted by molar-refractivity contribution is 6.32. The maximum atomic E-state index is 12.6. The second-order valence-electron chi connectivity index (χ2n) is 4.65. The number of amides is 1. The number of hydrogen-bond acceptors (Lipinski definition) is 5. The number of alkyl halides is 3. The molecule has 0 spiro atoms. The predicted molar refractivity (Wildman–Crippen MR) is 81.3 cm³/mol. The number of nitro groups is 1. The second-order valence-corrected chi connectivity index (χ2v) is 5.06. The van der Waals surface area contributed by atoms with Gasteiger partial charge in [-0.2, -0.15) is 13.2 Å². The van der Waals surface area contributed by atoms with Crippen LogP contribution in [0.3, 0.4) is 0 Å². The van der Waals surface area contributed by atoms with Crippen molar-refractivity contribution in [3.63, 3.8) is 0 Å². The Morgan fingerprint density at radius 1 is 1.24 bits per heavy atom. The molecule has 0 unspecified atom stereocenters. The van der Waals surface area contributed by atoms with E-state index in [1.165, 1.54) is 6.07 Å². The number of nitrogen functional groups attached to an aromatic ring is 1. The molecule has 0 aliphatic rings. The molecule has 0 aliphatic carbocycles. The minimum Gasteiger partial charge on any atom is -0.456 e. The monoisotopic (exact) mass is 375 g/mol. The van der Waals surface area contributed by atoms with Gasteiger partial charge in [0.25, 0.3) is 11.6 Å². The van der Waals surface area contributed by atoms with Gasteiger partial charge >= 0.3 is 6.18 Å². The summed E-state index contributed by atoms with van der Waals surface area (Å²) in [5.41, 5.74) is -0.109. The molecular weight excluding hydrogens is 367 g/mol. The van der Waals surface area contributed by atoms with Crippen LogP contribution in [0.5, 0.6) is 11.5 Å². The molecule has 0 bridgehead atoms. The highest BCUT2D eigenvalue weighted by Crippen LogP contribution is 2.37. The number of nitro benzene ring substituents is 1. The number of carbonyl (C=O) groups excluding carboxylic acids is 1. The number of hydrazine groups is 1. The molecule has 0 heterocycles. The Bertz CT molecular complexity index is 843. The quantitative estimate of drug-likeness (QED) is 0.367. The van der Waals surface area contributed by atoms with Gasteiger partial charge < -0.3 is 4.74 Å². The number of nitrogens with zero attached hydrogens (tertiary/aromatic N) is 1. The van der Waals surface area contributed by atoms with Crippen LogP contribution in [0.4, 0.5) is 18.9 Å². The Kier molecular flexibility index (Phi) is 5.14. The largest absolute Gasteiger partial charge is 0.456 e. The van der Waals surface area contributed by atoms with Crippen LogP contribution < -0.4 is 16.0 Å². The zero-order valence-electron chi connectivity index (χ0n) is 12.1. The Morgan fingerprint density at radius 3 is 2.44 bits per heavy atom. The van der Waals surface area contributed by atoms with Crippen molar-refractivity contribution in [1.29, 1.82) is 0 Å². The molecule has 0 saturated carbocycles. The molecule has 1 amide bonds. The first kappa shape index (κ1) is 18.5. The van der Waals surface area contributed by atoms with Crippen LogP contribution in [0.1, 0.15) is 15.9 Å². The summed E-state index contributed by atoms with van der Waals surface area (Å²) in [6.07, 6.45) is -4.57.